The molecule has 206 valence electrons. The van der Waals surface area contributed by atoms with Gasteiger partial charge in [-0.3, -0.25) is 4.79 Å². The zero-order chi connectivity index (χ0) is 26.7. The van der Waals surface area contributed by atoms with Crippen LogP contribution in [0.15, 0.2) is 11.6 Å². The standard InChI is InChI=1S/C30H48O4.C2H6/c1-7-27(31)33-18-28(32)34-22-12-14-29(5)21(17-22)8-9-23-25-11-10-24(20(4)16-19(2)3)30(25,6)15-13-26(23)29;1-2/h8,19-20,22-26H,7,9-18H2,1-6H3;1-2H3. The lowest BCUT2D eigenvalue weighted by molar-refractivity contribution is -0.163. The molecule has 4 nitrogen and oxygen atoms in total. The highest BCUT2D eigenvalue weighted by molar-refractivity contribution is 5.76. The van der Waals surface area contributed by atoms with Crippen molar-refractivity contribution in [3.8, 4) is 0 Å². The van der Waals surface area contributed by atoms with Crippen molar-refractivity contribution in [1.82, 2.24) is 0 Å². The van der Waals surface area contributed by atoms with Crippen LogP contribution in [-0.4, -0.2) is 24.6 Å². The summed E-state index contributed by atoms with van der Waals surface area (Å²) in [6.45, 7) is 17.9. The number of carbonyl (C=O) groups is 2. The molecule has 0 bridgehead atoms. The third-order valence-corrected chi connectivity index (χ3v) is 10.6. The molecule has 0 saturated heterocycles. The minimum absolute atomic E-state index is 0.0784. The topological polar surface area (TPSA) is 52.6 Å². The maximum atomic E-state index is 12.2. The van der Waals surface area contributed by atoms with E-state index in [9.17, 15) is 9.59 Å². The van der Waals surface area contributed by atoms with Crippen molar-refractivity contribution in [3.05, 3.63) is 11.6 Å². The zero-order valence-corrected chi connectivity index (χ0v) is 24.5. The van der Waals surface area contributed by atoms with Crippen molar-refractivity contribution in [2.45, 2.75) is 126 Å². The van der Waals surface area contributed by atoms with E-state index in [1.165, 1.54) is 44.1 Å². The second kappa shape index (κ2) is 12.0. The zero-order valence-electron chi connectivity index (χ0n) is 24.5. The Hall–Kier alpha value is -1.32. The van der Waals surface area contributed by atoms with Gasteiger partial charge in [-0.25, -0.2) is 4.79 Å². The molecule has 0 aliphatic heterocycles. The predicted octanol–water partition coefficient (Wildman–Crippen LogP) is 8.14. The van der Waals surface area contributed by atoms with Crippen molar-refractivity contribution < 1.29 is 19.1 Å². The van der Waals surface area contributed by atoms with Gasteiger partial charge < -0.3 is 9.47 Å². The summed E-state index contributed by atoms with van der Waals surface area (Å²) in [6, 6.07) is 0. The van der Waals surface area contributed by atoms with Gasteiger partial charge in [0.25, 0.3) is 0 Å². The molecule has 4 aliphatic rings. The summed E-state index contributed by atoms with van der Waals surface area (Å²) in [7, 11) is 0. The Morgan fingerprint density at radius 2 is 1.72 bits per heavy atom. The van der Waals surface area contributed by atoms with Crippen molar-refractivity contribution in [2.24, 2.45) is 46.3 Å². The molecule has 0 radical (unpaired) electrons. The molecule has 3 fully saturated rings. The Balaban J connectivity index is 0.00000176. The summed E-state index contributed by atoms with van der Waals surface area (Å²) in [5.41, 5.74) is 2.29. The van der Waals surface area contributed by atoms with Crippen LogP contribution in [0.5, 0.6) is 0 Å². The average Bonchev–Trinajstić information content (AvgIpc) is 3.21. The van der Waals surface area contributed by atoms with Gasteiger partial charge in [0.1, 0.15) is 6.10 Å². The van der Waals surface area contributed by atoms with Crippen LogP contribution in [0.3, 0.4) is 0 Å². The van der Waals surface area contributed by atoms with Crippen molar-refractivity contribution >= 4 is 11.9 Å². The number of ether oxygens (including phenoxy) is 2. The number of rotatable bonds is 7. The van der Waals surface area contributed by atoms with Crippen molar-refractivity contribution in [1.29, 1.82) is 0 Å². The first-order valence-electron chi connectivity index (χ1n) is 15.1. The summed E-state index contributed by atoms with van der Waals surface area (Å²) in [6.07, 6.45) is 13.8. The fourth-order valence-corrected chi connectivity index (χ4v) is 9.07. The maximum Gasteiger partial charge on any atom is 0.344 e. The molecule has 36 heavy (non-hydrogen) atoms. The number of esters is 2. The van der Waals surface area contributed by atoms with Crippen LogP contribution in [0.25, 0.3) is 0 Å². The number of fused-ring (bicyclic) bond motifs is 5. The quantitative estimate of drug-likeness (QED) is 0.260. The van der Waals surface area contributed by atoms with E-state index in [-0.39, 0.29) is 30.5 Å². The highest BCUT2D eigenvalue weighted by atomic mass is 16.6. The van der Waals surface area contributed by atoms with Crippen molar-refractivity contribution in [2.75, 3.05) is 6.61 Å². The molecule has 0 aromatic heterocycles. The normalized spacial score (nSPS) is 37.9. The fourth-order valence-electron chi connectivity index (χ4n) is 9.07. The molecule has 0 heterocycles. The second-order valence-corrected chi connectivity index (χ2v) is 13.0. The van der Waals surface area contributed by atoms with E-state index in [1.54, 1.807) is 6.92 Å². The van der Waals surface area contributed by atoms with E-state index in [4.69, 9.17) is 9.47 Å². The van der Waals surface area contributed by atoms with E-state index in [0.717, 1.165) is 54.8 Å². The van der Waals surface area contributed by atoms with Gasteiger partial charge in [-0.1, -0.05) is 67.0 Å². The third-order valence-electron chi connectivity index (χ3n) is 10.6. The molecule has 3 saturated carbocycles. The lowest BCUT2D eigenvalue weighted by Crippen LogP contribution is -2.51. The monoisotopic (exact) mass is 502 g/mol. The van der Waals surface area contributed by atoms with Crippen LogP contribution >= 0.6 is 0 Å². The number of allylic oxidation sites excluding steroid dienone is 1. The van der Waals surface area contributed by atoms with Gasteiger partial charge in [0, 0.05) is 12.8 Å². The molecule has 0 aromatic carbocycles. The Morgan fingerprint density at radius 3 is 2.39 bits per heavy atom. The molecule has 8 unspecified atom stereocenters. The SMILES string of the molecule is CC.CCC(=O)OCC(=O)OC1CCC2(C)C(=CCC3C2CCC2(C)C(C(C)CC(C)C)CCC32)C1. The summed E-state index contributed by atoms with van der Waals surface area (Å²) in [5, 5.41) is 0. The van der Waals surface area contributed by atoms with Gasteiger partial charge in [0.2, 0.25) is 0 Å². The van der Waals surface area contributed by atoms with Crippen molar-refractivity contribution in [3.63, 3.8) is 0 Å². The molecular weight excluding hydrogens is 448 g/mol. The average molecular weight is 503 g/mol. The first-order chi connectivity index (χ1) is 17.1. The Kier molecular flexibility index (Phi) is 9.77. The van der Waals surface area contributed by atoms with E-state index >= 15 is 0 Å². The van der Waals surface area contributed by atoms with Gasteiger partial charge in [-0.05, 0) is 97.7 Å². The molecule has 0 N–H and O–H groups in total. The predicted molar refractivity (Wildman–Crippen MR) is 146 cm³/mol. The lowest BCUT2D eigenvalue weighted by Gasteiger charge is -2.58. The molecule has 4 heteroatoms. The molecule has 0 amide bonds. The van der Waals surface area contributed by atoms with Crippen LogP contribution in [0.2, 0.25) is 0 Å². The van der Waals surface area contributed by atoms with Crippen LogP contribution in [-0.2, 0) is 19.1 Å². The first kappa shape index (κ1) is 29.2. The van der Waals surface area contributed by atoms with Gasteiger partial charge in [-0.15, -0.1) is 0 Å². The summed E-state index contributed by atoms with van der Waals surface area (Å²) >= 11 is 0. The number of hydrogen-bond acceptors (Lipinski definition) is 4. The summed E-state index contributed by atoms with van der Waals surface area (Å²) in [5.74, 6) is 4.19. The lowest BCUT2D eigenvalue weighted by atomic mass is 9.47. The highest BCUT2D eigenvalue weighted by Crippen LogP contribution is 2.67. The van der Waals surface area contributed by atoms with Crippen LogP contribution in [0.1, 0.15) is 120 Å². The highest BCUT2D eigenvalue weighted by Gasteiger charge is 2.59. The summed E-state index contributed by atoms with van der Waals surface area (Å²) in [4.78, 5) is 23.5. The van der Waals surface area contributed by atoms with Crippen LogP contribution in [0, 0.1) is 46.3 Å². The van der Waals surface area contributed by atoms with E-state index in [2.05, 4.69) is 40.7 Å². The Labute approximate surface area is 221 Å². The molecule has 0 aromatic rings. The van der Waals surface area contributed by atoms with E-state index in [1.807, 2.05) is 13.8 Å². The molecule has 4 rings (SSSR count). The van der Waals surface area contributed by atoms with E-state index < -0.39 is 5.97 Å². The Morgan fingerprint density at radius 1 is 1.00 bits per heavy atom. The second-order valence-electron chi connectivity index (χ2n) is 13.0. The molecular formula is C32H54O4. The molecule has 4 aliphatic carbocycles. The first-order valence-corrected chi connectivity index (χ1v) is 15.1. The van der Waals surface area contributed by atoms with Gasteiger partial charge in [0.15, 0.2) is 6.61 Å². The molecule has 8 atom stereocenters. The van der Waals surface area contributed by atoms with Gasteiger partial charge in [0.05, 0.1) is 0 Å². The summed E-state index contributed by atoms with van der Waals surface area (Å²) < 4.78 is 10.7. The van der Waals surface area contributed by atoms with Gasteiger partial charge >= 0.3 is 11.9 Å². The smallest absolute Gasteiger partial charge is 0.344 e. The van der Waals surface area contributed by atoms with E-state index in [0.29, 0.717) is 5.41 Å². The minimum atomic E-state index is -0.411. The Bertz CT molecular complexity index is 800. The fraction of sp³-hybridized carbons (Fsp3) is 0.875. The largest absolute Gasteiger partial charge is 0.460 e. The van der Waals surface area contributed by atoms with Crippen LogP contribution < -0.4 is 0 Å². The molecule has 0 spiro atoms. The minimum Gasteiger partial charge on any atom is -0.460 e. The number of carbonyl (C=O) groups excluding carboxylic acids is 2. The number of hydrogen-bond donors (Lipinski definition) is 0. The van der Waals surface area contributed by atoms with Gasteiger partial charge in [-0.2, -0.15) is 0 Å². The maximum absolute atomic E-state index is 12.2. The third kappa shape index (κ3) is 5.73. The van der Waals surface area contributed by atoms with Crippen LogP contribution in [0.4, 0.5) is 0 Å².